The number of anilines is 1. The molecular formula is C34H24Cl2F5N5O. The van der Waals surface area contributed by atoms with Gasteiger partial charge < -0.3 is 10.0 Å². The van der Waals surface area contributed by atoms with Gasteiger partial charge in [0.2, 0.25) is 5.95 Å². The SMILES string of the molecule is Cc1c(-c2ccc(F)nc2)nc2cc(F)cc(F)c2c1Cl.Cc1c(-c2ccc(N3CCC(O)C3)nc2)nc2cc(F)cc(F)c2c1Cl. The third kappa shape index (κ3) is 6.43. The molecule has 5 heterocycles. The predicted octanol–water partition coefficient (Wildman–Crippen LogP) is 8.78. The summed E-state index contributed by atoms with van der Waals surface area (Å²) in [7, 11) is 0. The minimum atomic E-state index is -0.769. The first-order chi connectivity index (χ1) is 22.4. The Hall–Kier alpha value is -4.45. The number of hydrogen-bond acceptors (Lipinski definition) is 6. The van der Waals surface area contributed by atoms with Gasteiger partial charge in [-0.3, -0.25) is 0 Å². The van der Waals surface area contributed by atoms with Crippen LogP contribution in [0.4, 0.5) is 27.8 Å². The first-order valence-electron chi connectivity index (χ1n) is 14.3. The molecule has 1 N–H and O–H groups in total. The van der Waals surface area contributed by atoms with Gasteiger partial charge in [0.15, 0.2) is 0 Å². The molecule has 0 saturated carbocycles. The van der Waals surface area contributed by atoms with Crippen molar-refractivity contribution in [3.8, 4) is 22.5 Å². The van der Waals surface area contributed by atoms with Gasteiger partial charge in [-0.15, -0.1) is 0 Å². The van der Waals surface area contributed by atoms with Crippen LogP contribution >= 0.6 is 23.2 Å². The van der Waals surface area contributed by atoms with Crippen LogP contribution in [0, 0.1) is 43.1 Å². The van der Waals surface area contributed by atoms with Gasteiger partial charge in [0.05, 0.1) is 49.3 Å². The van der Waals surface area contributed by atoms with E-state index >= 15 is 0 Å². The van der Waals surface area contributed by atoms with Crippen molar-refractivity contribution in [3.63, 3.8) is 0 Å². The van der Waals surface area contributed by atoms with Crippen LogP contribution in [0.25, 0.3) is 44.3 Å². The monoisotopic (exact) mass is 683 g/mol. The van der Waals surface area contributed by atoms with Crippen LogP contribution in [0.15, 0.2) is 60.9 Å². The zero-order valence-electron chi connectivity index (χ0n) is 24.8. The van der Waals surface area contributed by atoms with Crippen molar-refractivity contribution in [1.29, 1.82) is 0 Å². The number of pyridine rings is 4. The average Bonchev–Trinajstić information content (AvgIpc) is 3.47. The van der Waals surface area contributed by atoms with Gasteiger partial charge in [-0.05, 0) is 55.7 Å². The Morgan fingerprint density at radius 1 is 0.723 bits per heavy atom. The number of halogens is 7. The highest BCUT2D eigenvalue weighted by Gasteiger charge is 2.22. The van der Waals surface area contributed by atoms with E-state index in [0.717, 1.165) is 37.0 Å². The molecule has 6 nitrogen and oxygen atoms in total. The van der Waals surface area contributed by atoms with Gasteiger partial charge in [0.25, 0.3) is 0 Å². The lowest BCUT2D eigenvalue weighted by molar-refractivity contribution is 0.198. The van der Waals surface area contributed by atoms with Gasteiger partial charge in [-0.25, -0.2) is 37.5 Å². The van der Waals surface area contributed by atoms with E-state index in [1.807, 2.05) is 17.0 Å². The molecule has 1 aliphatic heterocycles. The average molecular weight is 684 g/mol. The van der Waals surface area contributed by atoms with Crippen molar-refractivity contribution >= 4 is 50.8 Å². The second-order valence-corrected chi connectivity index (χ2v) is 11.8. The minimum absolute atomic E-state index is 0.0642. The number of rotatable bonds is 3. The Morgan fingerprint density at radius 3 is 1.66 bits per heavy atom. The Morgan fingerprint density at radius 2 is 1.23 bits per heavy atom. The Balaban J connectivity index is 0.000000168. The first-order valence-corrected chi connectivity index (χ1v) is 15.1. The summed E-state index contributed by atoms with van der Waals surface area (Å²) in [5, 5.41) is 10.2. The molecule has 2 aromatic carbocycles. The van der Waals surface area contributed by atoms with Crippen LogP contribution in [0.5, 0.6) is 0 Å². The van der Waals surface area contributed by atoms with Crippen LogP contribution in [0.1, 0.15) is 17.5 Å². The lowest BCUT2D eigenvalue weighted by Gasteiger charge is -2.17. The number of aromatic nitrogens is 4. The summed E-state index contributed by atoms with van der Waals surface area (Å²) >= 11 is 12.5. The molecule has 6 aromatic rings. The van der Waals surface area contributed by atoms with Gasteiger partial charge >= 0.3 is 0 Å². The van der Waals surface area contributed by atoms with Crippen molar-refractivity contribution in [3.05, 3.63) is 111 Å². The maximum absolute atomic E-state index is 14.1. The first kappa shape index (κ1) is 32.5. The van der Waals surface area contributed by atoms with E-state index in [1.54, 1.807) is 20.0 Å². The highest BCUT2D eigenvalue weighted by atomic mass is 35.5. The molecule has 1 saturated heterocycles. The fraction of sp³-hybridized carbons (Fsp3) is 0.176. The lowest BCUT2D eigenvalue weighted by atomic mass is 10.0. The molecule has 13 heteroatoms. The molecule has 0 amide bonds. The number of aliphatic hydroxyl groups is 1. The second kappa shape index (κ2) is 13.0. The fourth-order valence-corrected chi connectivity index (χ4v) is 6.02. The van der Waals surface area contributed by atoms with E-state index in [9.17, 15) is 27.1 Å². The molecule has 1 fully saturated rings. The Labute approximate surface area is 275 Å². The van der Waals surface area contributed by atoms with Crippen LogP contribution in [-0.4, -0.2) is 44.2 Å². The molecule has 1 atom stereocenters. The smallest absolute Gasteiger partial charge is 0.212 e. The van der Waals surface area contributed by atoms with Crippen molar-refractivity contribution in [2.75, 3.05) is 18.0 Å². The molecule has 1 unspecified atom stereocenters. The van der Waals surface area contributed by atoms with Crippen molar-refractivity contribution < 1.29 is 27.1 Å². The highest BCUT2D eigenvalue weighted by molar-refractivity contribution is 6.37. The Bertz CT molecular complexity index is 2150. The number of nitrogens with zero attached hydrogens (tertiary/aromatic N) is 5. The summed E-state index contributed by atoms with van der Waals surface area (Å²) in [6.45, 7) is 4.73. The zero-order valence-corrected chi connectivity index (χ0v) is 26.3. The van der Waals surface area contributed by atoms with Crippen LogP contribution in [-0.2, 0) is 0 Å². The third-order valence-corrected chi connectivity index (χ3v) is 8.80. The summed E-state index contributed by atoms with van der Waals surface area (Å²) in [6.07, 6.45) is 3.35. The van der Waals surface area contributed by atoms with E-state index in [4.69, 9.17) is 23.2 Å². The minimum Gasteiger partial charge on any atom is -0.391 e. The molecule has 4 aromatic heterocycles. The van der Waals surface area contributed by atoms with E-state index < -0.39 is 29.2 Å². The molecule has 7 rings (SSSR count). The summed E-state index contributed by atoms with van der Waals surface area (Å²) in [6, 6.07) is 10.2. The summed E-state index contributed by atoms with van der Waals surface area (Å²) in [5.74, 6) is -2.79. The predicted molar refractivity (Wildman–Crippen MR) is 172 cm³/mol. The molecule has 0 bridgehead atoms. The van der Waals surface area contributed by atoms with Crippen LogP contribution in [0.3, 0.4) is 0 Å². The van der Waals surface area contributed by atoms with E-state index in [1.165, 1.54) is 24.4 Å². The zero-order chi connectivity index (χ0) is 33.6. The molecule has 240 valence electrons. The number of β-amino-alcohol motifs (C(OH)–C–C–N with tert-alkyl or cyclic N) is 1. The second-order valence-electron chi connectivity index (χ2n) is 11.0. The van der Waals surface area contributed by atoms with Crippen LogP contribution < -0.4 is 4.90 Å². The summed E-state index contributed by atoms with van der Waals surface area (Å²) in [5.41, 5.74) is 3.56. The Kier molecular flexibility index (Phi) is 8.97. The molecule has 1 aliphatic rings. The normalized spacial score (nSPS) is 14.5. The summed E-state index contributed by atoms with van der Waals surface area (Å²) < 4.78 is 67.7. The van der Waals surface area contributed by atoms with Gasteiger partial charge in [0, 0.05) is 60.9 Å². The molecule has 0 spiro atoms. The van der Waals surface area contributed by atoms with Crippen molar-refractivity contribution in [1.82, 2.24) is 19.9 Å². The third-order valence-electron chi connectivity index (χ3n) is 7.85. The topological polar surface area (TPSA) is 75.0 Å². The van der Waals surface area contributed by atoms with E-state index in [-0.39, 0.29) is 38.0 Å². The number of aliphatic hydroxyl groups excluding tert-OH is 1. The number of fused-ring (bicyclic) bond motifs is 2. The van der Waals surface area contributed by atoms with E-state index in [2.05, 4.69) is 19.9 Å². The number of hydrogen-bond donors (Lipinski definition) is 1. The molecule has 0 aliphatic carbocycles. The van der Waals surface area contributed by atoms with Crippen molar-refractivity contribution in [2.24, 2.45) is 0 Å². The van der Waals surface area contributed by atoms with Gasteiger partial charge in [-0.1, -0.05) is 23.2 Å². The maximum Gasteiger partial charge on any atom is 0.212 e. The molecular weight excluding hydrogens is 660 g/mol. The molecule has 0 radical (unpaired) electrons. The largest absolute Gasteiger partial charge is 0.391 e. The quantitative estimate of drug-likeness (QED) is 0.148. The maximum atomic E-state index is 14.1. The summed E-state index contributed by atoms with van der Waals surface area (Å²) in [4.78, 5) is 18.6. The standard InChI is InChI=1S/C19H16ClF2N3O.C15H8ClF3N2/c1-10-18(20)17-14(22)6-12(21)7-15(17)24-19(10)11-2-3-16(23-8-11)25-5-4-13(26)9-25;1-7-14(16)13-10(18)4-9(17)5-11(13)21-15(7)8-2-3-12(19)20-6-8/h2-3,6-8,13,26H,4-5,9H2,1H3;2-6H,1H3. The highest BCUT2D eigenvalue weighted by Crippen LogP contribution is 2.36. The van der Waals surface area contributed by atoms with Crippen molar-refractivity contribution in [2.45, 2.75) is 26.4 Å². The fourth-order valence-electron chi connectivity index (χ4n) is 5.46. The van der Waals surface area contributed by atoms with Gasteiger partial charge in [0.1, 0.15) is 29.1 Å². The van der Waals surface area contributed by atoms with E-state index in [0.29, 0.717) is 40.2 Å². The lowest BCUT2D eigenvalue weighted by Crippen LogP contribution is -2.21. The number of benzene rings is 2. The van der Waals surface area contributed by atoms with Gasteiger partial charge in [-0.2, -0.15) is 4.39 Å². The van der Waals surface area contributed by atoms with Crippen LogP contribution in [0.2, 0.25) is 10.0 Å². The molecule has 47 heavy (non-hydrogen) atoms.